The number of nitrogens with one attached hydrogen (secondary N) is 1. The molecule has 2 amide bonds. The van der Waals surface area contributed by atoms with Crippen LogP contribution in [0.4, 0.5) is 4.79 Å². The number of hydrogen-bond acceptors (Lipinski definition) is 6. The topological polar surface area (TPSA) is 80.5 Å². The molecule has 1 fully saturated rings. The molecule has 1 saturated heterocycles. The van der Waals surface area contributed by atoms with Gasteiger partial charge in [0.15, 0.2) is 0 Å². The van der Waals surface area contributed by atoms with Crippen LogP contribution in [-0.4, -0.2) is 54.5 Å². The number of piperidine rings is 1. The van der Waals surface area contributed by atoms with E-state index in [1.165, 1.54) is 0 Å². The van der Waals surface area contributed by atoms with Gasteiger partial charge in [0.1, 0.15) is 0 Å². The number of methoxy groups -OCH3 is 1. The number of nitrogens with zero attached hydrogens (tertiary/aromatic N) is 3. The fourth-order valence-electron chi connectivity index (χ4n) is 2.64. The van der Waals surface area contributed by atoms with Crippen LogP contribution in [0.15, 0.2) is 21.2 Å². The third-order valence-corrected chi connectivity index (χ3v) is 4.53. The van der Waals surface area contributed by atoms with Crippen molar-refractivity contribution in [2.45, 2.75) is 18.8 Å². The third kappa shape index (κ3) is 3.89. The van der Waals surface area contributed by atoms with Crippen molar-refractivity contribution in [3.8, 4) is 11.5 Å². The summed E-state index contributed by atoms with van der Waals surface area (Å²) in [5.74, 6) is 1.25. The lowest BCUT2D eigenvalue weighted by molar-refractivity contribution is 0.164. The summed E-state index contributed by atoms with van der Waals surface area (Å²) < 4.78 is 10.7. The second-order valence-electron chi connectivity index (χ2n) is 5.47. The van der Waals surface area contributed by atoms with E-state index in [-0.39, 0.29) is 11.9 Å². The third-order valence-electron chi connectivity index (χ3n) is 3.85. The van der Waals surface area contributed by atoms with Crippen LogP contribution in [0.1, 0.15) is 24.7 Å². The summed E-state index contributed by atoms with van der Waals surface area (Å²) in [5.41, 5.74) is 0.943. The van der Waals surface area contributed by atoms with E-state index in [0.29, 0.717) is 31.5 Å². The zero-order valence-electron chi connectivity index (χ0n) is 13.0. The Morgan fingerprint density at radius 1 is 1.57 bits per heavy atom. The molecule has 2 aromatic heterocycles. The summed E-state index contributed by atoms with van der Waals surface area (Å²) in [6.45, 7) is 2.38. The van der Waals surface area contributed by atoms with Gasteiger partial charge in [-0.2, -0.15) is 11.3 Å². The fourth-order valence-corrected chi connectivity index (χ4v) is 3.27. The first-order chi connectivity index (χ1) is 11.3. The molecule has 1 unspecified atom stereocenters. The lowest BCUT2D eigenvalue weighted by Crippen LogP contribution is -2.45. The van der Waals surface area contributed by atoms with Crippen molar-refractivity contribution in [3.63, 3.8) is 0 Å². The number of carbonyl (C=O) groups is 1. The van der Waals surface area contributed by atoms with Gasteiger partial charge in [-0.05, 0) is 24.3 Å². The summed E-state index contributed by atoms with van der Waals surface area (Å²) in [5, 5.41) is 15.1. The summed E-state index contributed by atoms with van der Waals surface area (Å²) >= 11 is 1.59. The van der Waals surface area contributed by atoms with Crippen molar-refractivity contribution >= 4 is 17.4 Å². The number of aromatic nitrogens is 2. The Morgan fingerprint density at radius 2 is 2.48 bits per heavy atom. The lowest BCUT2D eigenvalue weighted by atomic mass is 9.98. The molecule has 0 bridgehead atoms. The molecule has 1 atom stereocenters. The number of amides is 2. The van der Waals surface area contributed by atoms with E-state index in [2.05, 4.69) is 15.5 Å². The van der Waals surface area contributed by atoms with Crippen molar-refractivity contribution in [2.75, 3.05) is 33.4 Å². The molecule has 0 radical (unpaired) electrons. The van der Waals surface area contributed by atoms with Crippen molar-refractivity contribution < 1.29 is 13.9 Å². The Hall–Kier alpha value is -1.93. The summed E-state index contributed by atoms with van der Waals surface area (Å²) in [4.78, 5) is 13.9. The predicted molar refractivity (Wildman–Crippen MR) is 86.4 cm³/mol. The normalized spacial score (nSPS) is 18.1. The minimum atomic E-state index is -0.0654. The van der Waals surface area contributed by atoms with Gasteiger partial charge in [-0.15, -0.1) is 10.2 Å². The number of carbonyl (C=O) groups excluding carboxylic acids is 1. The molecule has 23 heavy (non-hydrogen) atoms. The van der Waals surface area contributed by atoms with Crippen molar-refractivity contribution in [2.24, 2.45) is 0 Å². The van der Waals surface area contributed by atoms with Crippen molar-refractivity contribution in [3.05, 3.63) is 22.7 Å². The maximum absolute atomic E-state index is 12.1. The smallest absolute Gasteiger partial charge is 0.317 e. The molecule has 7 nitrogen and oxygen atoms in total. The number of thiophene rings is 1. The zero-order chi connectivity index (χ0) is 16.1. The molecule has 3 heterocycles. The van der Waals surface area contributed by atoms with Gasteiger partial charge in [0.05, 0.1) is 12.5 Å². The quantitative estimate of drug-likeness (QED) is 0.848. The number of rotatable bonds is 5. The number of ether oxygens (including phenoxy) is 1. The molecular weight excluding hydrogens is 316 g/mol. The number of hydrogen-bond donors (Lipinski definition) is 1. The fraction of sp³-hybridized carbons (Fsp3) is 0.533. The SMILES string of the molecule is COCCNC(=O)N1CCCC(c2nnc(-c3ccsc3)o2)C1. The Bertz CT molecular complexity index is 628. The molecule has 0 aromatic carbocycles. The molecule has 0 aliphatic carbocycles. The summed E-state index contributed by atoms with van der Waals surface area (Å²) in [6, 6.07) is 1.89. The highest BCUT2D eigenvalue weighted by molar-refractivity contribution is 7.08. The monoisotopic (exact) mass is 336 g/mol. The van der Waals surface area contributed by atoms with Crippen LogP contribution in [0.5, 0.6) is 0 Å². The van der Waals surface area contributed by atoms with E-state index in [0.717, 1.165) is 24.9 Å². The van der Waals surface area contributed by atoms with Crippen LogP contribution in [0.25, 0.3) is 11.5 Å². The van der Waals surface area contributed by atoms with Crippen LogP contribution >= 0.6 is 11.3 Å². The number of likely N-dealkylation sites (tertiary alicyclic amines) is 1. The molecule has 0 saturated carbocycles. The average Bonchev–Trinajstić information content (AvgIpc) is 3.26. The predicted octanol–water partition coefficient (Wildman–Crippen LogP) is 2.33. The highest BCUT2D eigenvalue weighted by atomic mass is 32.1. The Balaban J connectivity index is 1.61. The molecule has 1 aliphatic heterocycles. The van der Waals surface area contributed by atoms with Crippen LogP contribution < -0.4 is 5.32 Å². The van der Waals surface area contributed by atoms with E-state index in [1.807, 2.05) is 16.8 Å². The van der Waals surface area contributed by atoms with Gasteiger partial charge in [-0.3, -0.25) is 0 Å². The van der Waals surface area contributed by atoms with Gasteiger partial charge in [0.2, 0.25) is 11.8 Å². The first kappa shape index (κ1) is 15.9. The molecule has 1 N–H and O–H groups in total. The molecule has 2 aromatic rings. The maximum atomic E-state index is 12.1. The van der Waals surface area contributed by atoms with Crippen LogP contribution in [0.2, 0.25) is 0 Å². The summed E-state index contributed by atoms with van der Waals surface area (Å²) in [6.07, 6.45) is 1.88. The second kappa shape index (κ2) is 7.56. The van der Waals surface area contributed by atoms with E-state index >= 15 is 0 Å². The van der Waals surface area contributed by atoms with Crippen LogP contribution in [0.3, 0.4) is 0 Å². The lowest BCUT2D eigenvalue weighted by Gasteiger charge is -2.31. The molecule has 1 aliphatic rings. The van der Waals surface area contributed by atoms with E-state index in [4.69, 9.17) is 9.15 Å². The van der Waals surface area contributed by atoms with Gasteiger partial charge in [-0.1, -0.05) is 0 Å². The Labute approximate surface area is 138 Å². The highest BCUT2D eigenvalue weighted by Gasteiger charge is 2.28. The Morgan fingerprint density at radius 3 is 3.26 bits per heavy atom. The highest BCUT2D eigenvalue weighted by Crippen LogP contribution is 2.29. The largest absolute Gasteiger partial charge is 0.420 e. The number of urea groups is 1. The maximum Gasteiger partial charge on any atom is 0.317 e. The molecule has 8 heteroatoms. The molecule has 124 valence electrons. The zero-order valence-corrected chi connectivity index (χ0v) is 13.8. The van der Waals surface area contributed by atoms with Crippen LogP contribution in [0, 0.1) is 0 Å². The minimum absolute atomic E-state index is 0.0654. The van der Waals surface area contributed by atoms with Gasteiger partial charge in [0, 0.05) is 37.7 Å². The van der Waals surface area contributed by atoms with Gasteiger partial charge in [0.25, 0.3) is 0 Å². The standard InChI is InChI=1S/C15H20N4O3S/c1-21-7-5-16-15(20)19-6-2-3-11(9-19)13-17-18-14(22-13)12-4-8-23-10-12/h4,8,10-11H,2-3,5-7,9H2,1H3,(H,16,20). The molecule has 0 spiro atoms. The van der Waals surface area contributed by atoms with E-state index < -0.39 is 0 Å². The first-order valence-corrected chi connectivity index (χ1v) is 8.60. The van der Waals surface area contributed by atoms with E-state index in [1.54, 1.807) is 23.3 Å². The van der Waals surface area contributed by atoms with E-state index in [9.17, 15) is 4.79 Å². The minimum Gasteiger partial charge on any atom is -0.420 e. The average molecular weight is 336 g/mol. The van der Waals surface area contributed by atoms with Gasteiger partial charge in [-0.25, -0.2) is 4.79 Å². The molecular formula is C15H20N4O3S. The second-order valence-corrected chi connectivity index (χ2v) is 6.25. The first-order valence-electron chi connectivity index (χ1n) is 7.65. The van der Waals surface area contributed by atoms with Crippen LogP contribution in [-0.2, 0) is 4.74 Å². The van der Waals surface area contributed by atoms with Gasteiger partial charge < -0.3 is 19.4 Å². The Kier molecular flexibility index (Phi) is 5.24. The van der Waals surface area contributed by atoms with Gasteiger partial charge >= 0.3 is 6.03 Å². The summed E-state index contributed by atoms with van der Waals surface area (Å²) in [7, 11) is 1.61. The van der Waals surface area contributed by atoms with Crippen molar-refractivity contribution in [1.82, 2.24) is 20.4 Å². The van der Waals surface area contributed by atoms with Crippen molar-refractivity contribution in [1.29, 1.82) is 0 Å². The molecule has 3 rings (SSSR count).